The van der Waals surface area contributed by atoms with Gasteiger partial charge in [0.15, 0.2) is 6.10 Å². The highest BCUT2D eigenvalue weighted by Crippen LogP contribution is 2.34. The third-order valence-electron chi connectivity index (χ3n) is 4.45. The van der Waals surface area contributed by atoms with E-state index in [9.17, 15) is 4.79 Å². The van der Waals surface area contributed by atoms with E-state index in [-0.39, 0.29) is 12.1 Å². The molecule has 1 aliphatic rings. The van der Waals surface area contributed by atoms with E-state index in [1.807, 2.05) is 66.7 Å². The molecule has 4 nitrogen and oxygen atoms in total. The van der Waals surface area contributed by atoms with E-state index in [1.54, 1.807) is 0 Å². The highest BCUT2D eigenvalue weighted by atomic mass is 16.5. The van der Waals surface area contributed by atoms with Crippen LogP contribution in [0.1, 0.15) is 17.5 Å². The lowest BCUT2D eigenvalue weighted by Crippen LogP contribution is -2.02. The molecule has 5 rings (SSSR count). The van der Waals surface area contributed by atoms with E-state index in [4.69, 9.17) is 4.74 Å². The van der Waals surface area contributed by atoms with Crippen molar-refractivity contribution in [3.8, 4) is 0 Å². The van der Waals surface area contributed by atoms with Gasteiger partial charge in [0.05, 0.1) is 17.0 Å². The molecule has 0 amide bonds. The number of aromatic nitrogens is 2. The van der Waals surface area contributed by atoms with Crippen LogP contribution >= 0.6 is 0 Å². The lowest BCUT2D eigenvalue weighted by molar-refractivity contribution is -0.138. The number of aromatic amines is 2. The van der Waals surface area contributed by atoms with Crippen LogP contribution in [-0.4, -0.2) is 15.9 Å². The maximum atomic E-state index is 12.3. The van der Waals surface area contributed by atoms with Crippen molar-refractivity contribution in [3.05, 3.63) is 78.1 Å². The molecule has 0 saturated carbocycles. The van der Waals surface area contributed by atoms with E-state index in [1.165, 1.54) is 0 Å². The van der Waals surface area contributed by atoms with E-state index in [0.29, 0.717) is 5.57 Å². The number of nitrogens with one attached hydrogen (secondary N) is 2. The number of fused-ring (bicyclic) bond motifs is 2. The molecule has 2 N–H and O–H groups in total. The quantitative estimate of drug-likeness (QED) is 0.541. The zero-order valence-corrected chi connectivity index (χ0v) is 12.7. The van der Waals surface area contributed by atoms with Gasteiger partial charge in [0.25, 0.3) is 0 Å². The Labute approximate surface area is 137 Å². The van der Waals surface area contributed by atoms with Gasteiger partial charge in [0.2, 0.25) is 0 Å². The molecule has 1 unspecified atom stereocenters. The Bertz CT molecular complexity index is 1050. The molecule has 0 spiro atoms. The van der Waals surface area contributed by atoms with Gasteiger partial charge < -0.3 is 14.7 Å². The first-order chi connectivity index (χ1) is 11.8. The number of carbonyl (C=O) groups excluding carboxylic acids is 1. The van der Waals surface area contributed by atoms with Gasteiger partial charge in [-0.15, -0.1) is 0 Å². The third-order valence-corrected chi connectivity index (χ3v) is 4.45. The predicted molar refractivity (Wildman–Crippen MR) is 93.4 cm³/mol. The van der Waals surface area contributed by atoms with Crippen LogP contribution in [0.4, 0.5) is 0 Å². The second kappa shape index (κ2) is 4.86. The maximum absolute atomic E-state index is 12.3. The topological polar surface area (TPSA) is 57.9 Å². The zero-order chi connectivity index (χ0) is 16.1. The summed E-state index contributed by atoms with van der Waals surface area (Å²) in [7, 11) is 0. The normalized spacial score (nSPS) is 17.4. The Morgan fingerprint density at radius 1 is 0.833 bits per heavy atom. The minimum atomic E-state index is -0.383. The average molecular weight is 314 g/mol. The molecule has 3 heterocycles. The van der Waals surface area contributed by atoms with Crippen LogP contribution in [-0.2, 0) is 9.53 Å². The molecule has 4 aromatic rings. The van der Waals surface area contributed by atoms with Gasteiger partial charge in [-0.1, -0.05) is 36.4 Å². The van der Waals surface area contributed by atoms with Gasteiger partial charge in [-0.2, -0.15) is 0 Å². The van der Waals surface area contributed by atoms with Gasteiger partial charge >= 0.3 is 5.97 Å². The van der Waals surface area contributed by atoms with Crippen molar-refractivity contribution in [2.45, 2.75) is 6.10 Å². The largest absolute Gasteiger partial charge is 0.448 e. The monoisotopic (exact) mass is 314 g/mol. The molecular formula is C20H14N2O2. The molecule has 0 bridgehead atoms. The van der Waals surface area contributed by atoms with Crippen LogP contribution in [0, 0.1) is 0 Å². The summed E-state index contributed by atoms with van der Waals surface area (Å²) in [5.74, 6) is -0.301. The van der Waals surface area contributed by atoms with Gasteiger partial charge in [-0.05, 0) is 35.7 Å². The van der Waals surface area contributed by atoms with Crippen molar-refractivity contribution < 1.29 is 9.53 Å². The summed E-state index contributed by atoms with van der Waals surface area (Å²) in [6.45, 7) is 0. The minimum Gasteiger partial charge on any atom is -0.448 e. The van der Waals surface area contributed by atoms with Crippen molar-refractivity contribution >= 4 is 33.3 Å². The Morgan fingerprint density at radius 3 is 2.21 bits per heavy atom. The lowest BCUT2D eigenvalue weighted by Gasteiger charge is -2.04. The van der Waals surface area contributed by atoms with Gasteiger partial charge in [0.1, 0.15) is 0 Å². The summed E-state index contributed by atoms with van der Waals surface area (Å²) in [6, 6.07) is 20.0. The highest BCUT2D eigenvalue weighted by Gasteiger charge is 2.29. The van der Waals surface area contributed by atoms with Crippen LogP contribution in [0.5, 0.6) is 0 Å². The Morgan fingerprint density at radius 2 is 1.50 bits per heavy atom. The van der Waals surface area contributed by atoms with Gasteiger partial charge in [-0.25, -0.2) is 4.79 Å². The van der Waals surface area contributed by atoms with Crippen molar-refractivity contribution in [1.82, 2.24) is 9.97 Å². The molecule has 2 aromatic carbocycles. The fourth-order valence-electron chi connectivity index (χ4n) is 3.25. The smallest absolute Gasteiger partial charge is 0.341 e. The fraction of sp³-hybridized carbons (Fsp3) is 0.0500. The average Bonchev–Trinajstić information content (AvgIpc) is 3.29. The molecule has 24 heavy (non-hydrogen) atoms. The Hall–Kier alpha value is -3.27. The van der Waals surface area contributed by atoms with E-state index in [2.05, 4.69) is 9.97 Å². The maximum Gasteiger partial charge on any atom is 0.341 e. The second-order valence-electron chi connectivity index (χ2n) is 5.99. The molecule has 0 saturated heterocycles. The molecule has 0 fully saturated rings. The van der Waals surface area contributed by atoms with Crippen LogP contribution in [0.3, 0.4) is 0 Å². The van der Waals surface area contributed by atoms with Crippen LogP contribution in [0.2, 0.25) is 0 Å². The van der Waals surface area contributed by atoms with Crippen molar-refractivity contribution in [1.29, 1.82) is 0 Å². The van der Waals surface area contributed by atoms with Crippen molar-refractivity contribution in [2.24, 2.45) is 0 Å². The van der Waals surface area contributed by atoms with Crippen molar-refractivity contribution in [2.75, 3.05) is 0 Å². The number of carbonyl (C=O) groups is 1. The molecule has 0 aliphatic carbocycles. The molecule has 1 aliphatic heterocycles. The first-order valence-corrected chi connectivity index (χ1v) is 7.86. The molecule has 116 valence electrons. The summed E-state index contributed by atoms with van der Waals surface area (Å²) >= 11 is 0. The molecule has 2 aromatic heterocycles. The number of hydrogen-bond donors (Lipinski definition) is 2. The van der Waals surface area contributed by atoms with Gasteiger partial charge in [-0.3, -0.25) is 0 Å². The summed E-state index contributed by atoms with van der Waals surface area (Å²) in [4.78, 5) is 18.9. The molecule has 1 atom stereocenters. The van der Waals surface area contributed by atoms with Crippen LogP contribution < -0.4 is 0 Å². The Balaban J connectivity index is 1.56. The Kier molecular flexibility index (Phi) is 2.67. The van der Waals surface area contributed by atoms with Crippen LogP contribution in [0.15, 0.2) is 66.7 Å². The van der Waals surface area contributed by atoms with Gasteiger partial charge in [0, 0.05) is 16.4 Å². The number of H-pyrrole nitrogens is 2. The molecule has 4 heteroatoms. The first kappa shape index (κ1) is 13.2. The second-order valence-corrected chi connectivity index (χ2v) is 5.99. The number of rotatable bonds is 2. The third kappa shape index (κ3) is 1.97. The number of cyclic esters (lactones) is 1. The summed E-state index contributed by atoms with van der Waals surface area (Å²) in [5.41, 5.74) is 4.30. The minimum absolute atomic E-state index is 0.301. The number of para-hydroxylation sites is 2. The summed E-state index contributed by atoms with van der Waals surface area (Å²) < 4.78 is 5.56. The predicted octanol–water partition coefficient (Wildman–Crippen LogP) is 4.33. The first-order valence-electron chi connectivity index (χ1n) is 7.86. The van der Waals surface area contributed by atoms with E-state index >= 15 is 0 Å². The standard InChI is InChI=1S/C20H14N2O2/c23-20-14(17-9-12-5-1-3-7-15(12)21-17)11-19(24-20)18-10-13-6-2-4-8-16(13)22-18/h1-11,19,21-22H. The van der Waals surface area contributed by atoms with E-state index in [0.717, 1.165) is 33.2 Å². The molecular weight excluding hydrogens is 300 g/mol. The number of ether oxygens (including phenoxy) is 1. The molecule has 0 radical (unpaired) electrons. The lowest BCUT2D eigenvalue weighted by atomic mass is 10.1. The fourth-order valence-corrected chi connectivity index (χ4v) is 3.25. The summed E-state index contributed by atoms with van der Waals surface area (Å²) in [5, 5.41) is 2.19. The van der Waals surface area contributed by atoms with E-state index < -0.39 is 0 Å². The zero-order valence-electron chi connectivity index (χ0n) is 12.7. The van der Waals surface area contributed by atoms with Crippen LogP contribution in [0.25, 0.3) is 27.4 Å². The number of benzene rings is 2. The summed E-state index contributed by atoms with van der Waals surface area (Å²) in [6.07, 6.45) is 1.49. The SMILES string of the molecule is O=C1OC(c2cc3ccccc3[nH]2)C=C1c1cc2ccccc2[nH]1. The number of hydrogen-bond acceptors (Lipinski definition) is 2. The van der Waals surface area contributed by atoms with Crippen molar-refractivity contribution in [3.63, 3.8) is 0 Å². The number of esters is 1. The highest BCUT2D eigenvalue weighted by molar-refractivity contribution is 6.18.